The molecule has 2 aromatic carbocycles. The van der Waals surface area contributed by atoms with E-state index in [1.807, 2.05) is 0 Å². The quantitative estimate of drug-likeness (QED) is 0.385. The van der Waals surface area contributed by atoms with Crippen molar-refractivity contribution in [3.05, 3.63) is 58.9 Å². The number of rotatable bonds is 1. The highest BCUT2D eigenvalue weighted by Gasteiger charge is 2.49. The van der Waals surface area contributed by atoms with E-state index in [9.17, 15) is 0 Å². The van der Waals surface area contributed by atoms with Crippen LogP contribution in [0.3, 0.4) is 0 Å². The molecule has 0 aliphatic heterocycles. The van der Waals surface area contributed by atoms with Gasteiger partial charge in [0.1, 0.15) is 5.69 Å². The molecule has 2 fully saturated rings. The van der Waals surface area contributed by atoms with Crippen LogP contribution in [-0.4, -0.2) is 4.57 Å². The molecule has 6 aliphatic rings. The molecule has 0 N–H and O–H groups in total. The number of aromatic nitrogens is 2. The molecule has 0 amide bonds. The van der Waals surface area contributed by atoms with Crippen LogP contribution < -0.4 is 4.57 Å². The van der Waals surface area contributed by atoms with E-state index in [2.05, 4.69) is 80.5 Å². The van der Waals surface area contributed by atoms with Gasteiger partial charge in [-0.3, -0.25) is 0 Å². The summed E-state index contributed by atoms with van der Waals surface area (Å²) in [4.78, 5) is 0. The molecule has 0 unspecified atom stereocenters. The second-order valence-electron chi connectivity index (χ2n) is 13.0. The van der Waals surface area contributed by atoms with Crippen molar-refractivity contribution < 1.29 is 4.57 Å². The third-order valence-corrected chi connectivity index (χ3v) is 10.8. The van der Waals surface area contributed by atoms with E-state index in [-0.39, 0.29) is 0 Å². The zero-order valence-electron chi connectivity index (χ0n) is 20.5. The lowest BCUT2D eigenvalue weighted by molar-refractivity contribution is -0.645. The van der Waals surface area contributed by atoms with Crippen molar-refractivity contribution in [2.45, 2.75) is 101 Å². The monoisotopic (exact) mass is 425 g/mol. The second-order valence-corrected chi connectivity index (χ2v) is 13.0. The summed E-state index contributed by atoms with van der Waals surface area (Å²) in [6, 6.07) is 12.5. The van der Waals surface area contributed by atoms with E-state index in [0.717, 1.165) is 0 Å². The first-order valence-corrected chi connectivity index (χ1v) is 12.9. The molecule has 9 rings (SSSR count). The summed E-state index contributed by atoms with van der Waals surface area (Å²) in [6.45, 7) is 10.0. The minimum Gasteiger partial charge on any atom is -0.232 e. The van der Waals surface area contributed by atoms with Crippen LogP contribution in [0.4, 0.5) is 0 Å². The van der Waals surface area contributed by atoms with Gasteiger partial charge in [-0.05, 0) is 120 Å². The number of benzene rings is 2. The van der Waals surface area contributed by atoms with E-state index < -0.39 is 0 Å². The Hall–Kier alpha value is -2.09. The topological polar surface area (TPSA) is 8.81 Å². The molecule has 1 aromatic heterocycles. The van der Waals surface area contributed by atoms with E-state index >= 15 is 0 Å². The molecule has 0 radical (unpaired) electrons. The molecule has 32 heavy (non-hydrogen) atoms. The first-order valence-electron chi connectivity index (χ1n) is 12.9. The lowest BCUT2D eigenvalue weighted by Crippen LogP contribution is -2.44. The Morgan fingerprint density at radius 1 is 0.625 bits per heavy atom. The molecule has 2 saturated carbocycles. The Balaban J connectivity index is 1.45. The van der Waals surface area contributed by atoms with Crippen molar-refractivity contribution in [3.8, 4) is 5.69 Å². The molecule has 2 nitrogen and oxygen atoms in total. The molecule has 2 heteroatoms. The number of imidazole rings is 1. The number of aryl methyl sites for hydroxylation is 1. The fourth-order valence-electron chi connectivity index (χ4n) is 8.05. The van der Waals surface area contributed by atoms with Gasteiger partial charge in [0, 0.05) is 0 Å². The normalized spacial score (nSPS) is 37.0. The molecule has 0 atom stereocenters. The zero-order valence-corrected chi connectivity index (χ0v) is 20.5. The van der Waals surface area contributed by atoms with Gasteiger partial charge in [0.15, 0.2) is 11.0 Å². The summed E-state index contributed by atoms with van der Waals surface area (Å²) >= 11 is 0. The highest BCUT2D eigenvalue weighted by Crippen LogP contribution is 2.58. The van der Waals surface area contributed by atoms with Crippen molar-refractivity contribution >= 4 is 11.0 Å². The van der Waals surface area contributed by atoms with Gasteiger partial charge in [-0.2, -0.15) is 4.57 Å². The van der Waals surface area contributed by atoms with Gasteiger partial charge in [-0.25, -0.2) is 4.57 Å². The van der Waals surface area contributed by atoms with Gasteiger partial charge in [0.2, 0.25) is 6.33 Å². The van der Waals surface area contributed by atoms with Crippen molar-refractivity contribution in [2.75, 3.05) is 0 Å². The van der Waals surface area contributed by atoms with Crippen LogP contribution in [0.1, 0.15) is 101 Å². The van der Waals surface area contributed by atoms with Crippen molar-refractivity contribution in [2.24, 2.45) is 7.05 Å². The molecule has 0 spiro atoms. The minimum atomic E-state index is 0.353. The number of nitrogens with zero attached hydrogens (tertiary/aromatic N) is 2. The molecule has 166 valence electrons. The van der Waals surface area contributed by atoms with Crippen LogP contribution in [0.15, 0.2) is 36.7 Å². The van der Waals surface area contributed by atoms with E-state index in [1.54, 1.807) is 22.3 Å². The molecule has 1 heterocycles. The van der Waals surface area contributed by atoms with Gasteiger partial charge in [0.05, 0.1) is 7.05 Å². The lowest BCUT2D eigenvalue weighted by Gasteiger charge is -2.52. The Kier molecular flexibility index (Phi) is 3.45. The fourth-order valence-corrected chi connectivity index (χ4v) is 8.05. The van der Waals surface area contributed by atoms with Gasteiger partial charge < -0.3 is 0 Å². The Morgan fingerprint density at radius 3 is 1.66 bits per heavy atom. The highest BCUT2D eigenvalue weighted by molar-refractivity contribution is 5.78. The zero-order chi connectivity index (χ0) is 22.1. The largest absolute Gasteiger partial charge is 0.249 e. The van der Waals surface area contributed by atoms with Crippen LogP contribution >= 0.6 is 0 Å². The second kappa shape index (κ2) is 5.69. The maximum atomic E-state index is 2.57. The average Bonchev–Trinajstić information content (AvgIpc) is 3.12. The summed E-state index contributed by atoms with van der Waals surface area (Å²) in [7, 11) is 2.22. The van der Waals surface area contributed by atoms with Crippen LogP contribution in [0, 0.1) is 0 Å². The fraction of sp³-hybridized carbons (Fsp3) is 0.567. The summed E-state index contributed by atoms with van der Waals surface area (Å²) in [5, 5.41) is 0. The molecule has 0 saturated heterocycles. The number of hydrogen-bond acceptors (Lipinski definition) is 0. The molecule has 3 aromatic rings. The predicted octanol–water partition coefficient (Wildman–Crippen LogP) is 6.66. The van der Waals surface area contributed by atoms with Crippen molar-refractivity contribution in [1.29, 1.82) is 0 Å². The first kappa shape index (κ1) is 19.4. The average molecular weight is 426 g/mol. The minimum absolute atomic E-state index is 0.353. The van der Waals surface area contributed by atoms with Gasteiger partial charge in [-0.15, -0.1) is 0 Å². The molecule has 6 aliphatic carbocycles. The molecule has 4 bridgehead atoms. The SMILES string of the molecule is C[n+]1cn(-c2ccc3c(c2)C2(C)CCC3(C)CC2)c2cc3c(cc21)C1(C)CCC3(C)CC1. The molecular weight excluding hydrogens is 388 g/mol. The van der Waals surface area contributed by atoms with Gasteiger partial charge in [-0.1, -0.05) is 33.8 Å². The lowest BCUT2D eigenvalue weighted by atomic mass is 9.52. The van der Waals surface area contributed by atoms with E-state index in [1.165, 1.54) is 68.1 Å². The Labute approximate surface area is 192 Å². The number of hydrogen-bond donors (Lipinski definition) is 0. The van der Waals surface area contributed by atoms with Crippen LogP contribution in [0.25, 0.3) is 16.7 Å². The molecular formula is C30H37N2+. The smallest absolute Gasteiger partial charge is 0.232 e. The first-order chi connectivity index (χ1) is 15.1. The third-order valence-electron chi connectivity index (χ3n) is 10.8. The summed E-state index contributed by atoms with van der Waals surface area (Å²) in [5.74, 6) is 0. The van der Waals surface area contributed by atoms with E-state index in [0.29, 0.717) is 21.7 Å². The number of fused-ring (bicyclic) bond motifs is 5. The maximum absolute atomic E-state index is 2.57. The Morgan fingerprint density at radius 2 is 1.09 bits per heavy atom. The van der Waals surface area contributed by atoms with Crippen LogP contribution in [0.2, 0.25) is 0 Å². The maximum Gasteiger partial charge on any atom is 0.249 e. The predicted molar refractivity (Wildman–Crippen MR) is 131 cm³/mol. The van der Waals surface area contributed by atoms with Gasteiger partial charge in [0.25, 0.3) is 0 Å². The summed E-state index contributed by atoms with van der Waals surface area (Å²) in [5.41, 5.74) is 12.0. The van der Waals surface area contributed by atoms with E-state index in [4.69, 9.17) is 0 Å². The van der Waals surface area contributed by atoms with Crippen LogP contribution in [0.5, 0.6) is 0 Å². The van der Waals surface area contributed by atoms with Crippen LogP contribution in [-0.2, 0) is 28.7 Å². The summed E-state index contributed by atoms with van der Waals surface area (Å²) < 4.78 is 4.82. The standard InChI is InChI=1S/C30H37N2/c1-27-8-10-28(2,11-9-27)22-16-20(6-7-21(22)27)32-19-31(5)25-17-23-24(18-26(25)32)30(4)14-12-29(23,3)13-15-30/h6-7,16-19H,8-15H2,1-5H3/q+1. The third kappa shape index (κ3) is 2.24. The summed E-state index contributed by atoms with van der Waals surface area (Å²) in [6.07, 6.45) is 13.0. The Bertz CT molecular complexity index is 1290. The van der Waals surface area contributed by atoms with Crippen molar-refractivity contribution in [1.82, 2.24) is 4.57 Å². The highest BCUT2D eigenvalue weighted by atomic mass is 15.1. The van der Waals surface area contributed by atoms with Gasteiger partial charge >= 0.3 is 0 Å². The van der Waals surface area contributed by atoms with Crippen molar-refractivity contribution in [3.63, 3.8) is 0 Å².